The lowest BCUT2D eigenvalue weighted by atomic mass is 10.1. The number of ketones is 1. The van der Waals surface area contributed by atoms with E-state index in [0.29, 0.717) is 23.5 Å². The molecule has 3 aromatic rings. The van der Waals surface area contributed by atoms with Gasteiger partial charge >= 0.3 is 5.69 Å². The van der Waals surface area contributed by atoms with Gasteiger partial charge in [-0.05, 0) is 42.8 Å². The van der Waals surface area contributed by atoms with Crippen molar-refractivity contribution in [2.24, 2.45) is 0 Å². The van der Waals surface area contributed by atoms with Crippen molar-refractivity contribution in [1.29, 1.82) is 0 Å². The van der Waals surface area contributed by atoms with Crippen LogP contribution >= 0.6 is 12.4 Å². The van der Waals surface area contributed by atoms with E-state index in [4.69, 9.17) is 0 Å². The Kier molecular flexibility index (Phi) is 7.43. The van der Waals surface area contributed by atoms with Crippen molar-refractivity contribution in [3.8, 4) is 0 Å². The van der Waals surface area contributed by atoms with Crippen LogP contribution in [-0.2, 0) is 6.54 Å². The first kappa shape index (κ1) is 23.6. The number of aryl methyl sites for hydroxylation is 1. The Bertz CT molecular complexity index is 1110. The van der Waals surface area contributed by atoms with E-state index in [1.165, 1.54) is 11.3 Å². The molecule has 32 heavy (non-hydrogen) atoms. The molecule has 0 atom stereocenters. The monoisotopic (exact) mass is 455 g/mol. The summed E-state index contributed by atoms with van der Waals surface area (Å²) in [7, 11) is 3.91. The highest BCUT2D eigenvalue weighted by molar-refractivity contribution is 6.08. The molecule has 2 N–H and O–H groups in total. The minimum Gasteiger partial charge on any atom is -0.378 e. The van der Waals surface area contributed by atoms with Crippen molar-refractivity contribution in [3.05, 3.63) is 81.5 Å². The van der Waals surface area contributed by atoms with Crippen LogP contribution in [0.1, 0.15) is 27.3 Å². The Balaban J connectivity index is 0.00000289. The highest BCUT2D eigenvalue weighted by Crippen LogP contribution is 2.22. The van der Waals surface area contributed by atoms with Gasteiger partial charge in [0, 0.05) is 63.8 Å². The molecule has 8 heteroatoms. The van der Waals surface area contributed by atoms with Gasteiger partial charge in [-0.15, -0.1) is 12.4 Å². The van der Waals surface area contributed by atoms with Gasteiger partial charge in [0.1, 0.15) is 5.69 Å². The van der Waals surface area contributed by atoms with Crippen LogP contribution in [0.2, 0.25) is 0 Å². The van der Waals surface area contributed by atoms with Crippen molar-refractivity contribution in [2.75, 3.05) is 50.1 Å². The summed E-state index contributed by atoms with van der Waals surface area (Å²) in [5, 5.41) is 0. The van der Waals surface area contributed by atoms with Crippen molar-refractivity contribution in [2.45, 2.75) is 13.5 Å². The van der Waals surface area contributed by atoms with Gasteiger partial charge < -0.3 is 19.8 Å². The van der Waals surface area contributed by atoms with Crippen LogP contribution < -0.4 is 15.5 Å². The molecule has 0 bridgehead atoms. The second-order valence-corrected chi connectivity index (χ2v) is 8.25. The molecule has 170 valence electrons. The number of para-hydroxylation sites is 1. The van der Waals surface area contributed by atoms with Crippen LogP contribution in [0.5, 0.6) is 0 Å². The summed E-state index contributed by atoms with van der Waals surface area (Å²) in [4.78, 5) is 37.2. The van der Waals surface area contributed by atoms with Crippen LogP contribution in [0.4, 0.5) is 11.4 Å². The normalized spacial score (nSPS) is 14.2. The number of hydrogen-bond acceptors (Lipinski definition) is 5. The number of benzene rings is 2. The number of anilines is 2. The molecule has 1 saturated heterocycles. The summed E-state index contributed by atoms with van der Waals surface area (Å²) < 4.78 is 0. The van der Waals surface area contributed by atoms with Gasteiger partial charge in [0.2, 0.25) is 5.78 Å². The topological polar surface area (TPSA) is 75.4 Å². The van der Waals surface area contributed by atoms with E-state index in [-0.39, 0.29) is 23.9 Å². The van der Waals surface area contributed by atoms with Gasteiger partial charge in [-0.1, -0.05) is 18.2 Å². The van der Waals surface area contributed by atoms with Crippen LogP contribution in [0.3, 0.4) is 0 Å². The second kappa shape index (κ2) is 10.1. The number of aromatic amines is 2. The molecule has 1 aliphatic heterocycles. The number of rotatable bonds is 6. The Morgan fingerprint density at radius 3 is 2.25 bits per heavy atom. The van der Waals surface area contributed by atoms with Crippen molar-refractivity contribution in [1.82, 2.24) is 14.9 Å². The minimum absolute atomic E-state index is 0. The molecule has 0 saturated carbocycles. The van der Waals surface area contributed by atoms with E-state index < -0.39 is 0 Å². The predicted octanol–water partition coefficient (Wildman–Crippen LogP) is 3.05. The molecule has 0 spiro atoms. The molecule has 4 rings (SSSR count). The third kappa shape index (κ3) is 5.06. The fraction of sp³-hybridized carbons (Fsp3) is 0.333. The third-order valence-electron chi connectivity index (χ3n) is 5.89. The number of nitrogens with zero attached hydrogens (tertiary/aromatic N) is 3. The molecule has 1 fully saturated rings. The average molecular weight is 456 g/mol. The molecule has 2 heterocycles. The molecular weight excluding hydrogens is 426 g/mol. The number of carbonyl (C=O) groups is 1. The Labute approximate surface area is 194 Å². The van der Waals surface area contributed by atoms with Crippen LogP contribution in [0.25, 0.3) is 0 Å². The number of aromatic nitrogens is 2. The van der Waals surface area contributed by atoms with Gasteiger partial charge in [0.15, 0.2) is 0 Å². The zero-order valence-corrected chi connectivity index (χ0v) is 19.5. The van der Waals surface area contributed by atoms with E-state index in [1.807, 2.05) is 31.1 Å². The molecule has 0 unspecified atom stereocenters. The molecular formula is C24H30ClN5O2. The zero-order valence-electron chi connectivity index (χ0n) is 18.7. The summed E-state index contributed by atoms with van der Waals surface area (Å²) in [5.41, 5.74) is 4.78. The summed E-state index contributed by atoms with van der Waals surface area (Å²) >= 11 is 0. The summed E-state index contributed by atoms with van der Waals surface area (Å²) in [6, 6.07) is 15.8. The van der Waals surface area contributed by atoms with Gasteiger partial charge in [0.25, 0.3) is 0 Å². The SMILES string of the molecule is Cc1ccccc1N1CCN(Cc2[nH]c(=O)[nH]c2C(=O)c2ccc(N(C)C)cc2)CC1.Cl. The lowest BCUT2D eigenvalue weighted by Gasteiger charge is -2.36. The minimum atomic E-state index is -0.346. The predicted molar refractivity (Wildman–Crippen MR) is 132 cm³/mol. The molecule has 2 aromatic carbocycles. The lowest BCUT2D eigenvalue weighted by Crippen LogP contribution is -2.46. The molecule has 1 aliphatic rings. The fourth-order valence-electron chi connectivity index (χ4n) is 4.08. The standard InChI is InChI=1S/C24H29N5O2.ClH/c1-17-6-4-5-7-21(17)29-14-12-28(13-15-29)16-20-22(26-24(31)25-20)23(30)18-8-10-19(11-9-18)27(2)3;/h4-11H,12-16H2,1-3H3,(H2,25,26,31);1H. The number of halogens is 1. The first-order valence-electron chi connectivity index (χ1n) is 10.6. The van der Waals surface area contributed by atoms with E-state index in [1.54, 1.807) is 12.1 Å². The molecule has 0 radical (unpaired) electrons. The third-order valence-corrected chi connectivity index (χ3v) is 5.89. The second-order valence-electron chi connectivity index (χ2n) is 8.25. The van der Waals surface area contributed by atoms with Gasteiger partial charge in [-0.3, -0.25) is 9.69 Å². The number of piperazine rings is 1. The largest absolute Gasteiger partial charge is 0.378 e. The fourth-order valence-corrected chi connectivity index (χ4v) is 4.08. The number of nitrogens with one attached hydrogen (secondary N) is 2. The maximum Gasteiger partial charge on any atom is 0.323 e. The van der Waals surface area contributed by atoms with Crippen molar-refractivity contribution in [3.63, 3.8) is 0 Å². The van der Waals surface area contributed by atoms with E-state index in [0.717, 1.165) is 31.9 Å². The van der Waals surface area contributed by atoms with Gasteiger partial charge in [-0.25, -0.2) is 4.79 Å². The number of hydrogen-bond donors (Lipinski definition) is 2. The smallest absolute Gasteiger partial charge is 0.323 e. The van der Waals surface area contributed by atoms with Gasteiger partial charge in [0.05, 0.1) is 5.69 Å². The van der Waals surface area contributed by atoms with E-state index in [9.17, 15) is 9.59 Å². The summed E-state index contributed by atoms with van der Waals surface area (Å²) in [5.74, 6) is -0.169. The summed E-state index contributed by atoms with van der Waals surface area (Å²) in [6.45, 7) is 6.23. The Hall–Kier alpha value is -3.03. The highest BCUT2D eigenvalue weighted by atomic mass is 35.5. The average Bonchev–Trinajstić information content (AvgIpc) is 3.14. The number of H-pyrrole nitrogens is 2. The molecule has 0 aliphatic carbocycles. The number of carbonyl (C=O) groups excluding carboxylic acids is 1. The quantitative estimate of drug-likeness (QED) is 0.559. The zero-order chi connectivity index (χ0) is 22.0. The molecule has 1 aromatic heterocycles. The first-order valence-corrected chi connectivity index (χ1v) is 10.6. The lowest BCUT2D eigenvalue weighted by molar-refractivity contribution is 0.103. The van der Waals surface area contributed by atoms with E-state index in [2.05, 4.69) is 51.0 Å². The highest BCUT2D eigenvalue weighted by Gasteiger charge is 2.23. The summed E-state index contributed by atoms with van der Waals surface area (Å²) in [6.07, 6.45) is 0. The molecule has 0 amide bonds. The van der Waals surface area contributed by atoms with E-state index >= 15 is 0 Å². The first-order chi connectivity index (χ1) is 14.9. The van der Waals surface area contributed by atoms with Gasteiger partial charge in [-0.2, -0.15) is 0 Å². The van der Waals surface area contributed by atoms with Crippen LogP contribution in [0.15, 0.2) is 53.3 Å². The number of imidazole rings is 1. The molecule has 7 nitrogen and oxygen atoms in total. The maximum absolute atomic E-state index is 13.0. The maximum atomic E-state index is 13.0. The van der Waals surface area contributed by atoms with Crippen molar-refractivity contribution >= 4 is 29.6 Å². The van der Waals surface area contributed by atoms with Crippen LogP contribution in [-0.4, -0.2) is 60.9 Å². The Morgan fingerprint density at radius 1 is 0.969 bits per heavy atom. The Morgan fingerprint density at radius 2 is 1.62 bits per heavy atom. The van der Waals surface area contributed by atoms with Crippen LogP contribution in [0, 0.1) is 6.92 Å². The van der Waals surface area contributed by atoms with Crippen molar-refractivity contribution < 1.29 is 4.79 Å².